The molecule has 1 atom stereocenters. The van der Waals surface area contributed by atoms with E-state index in [-0.39, 0.29) is 12.7 Å². The Morgan fingerprint density at radius 3 is 2.21 bits per heavy atom. The van der Waals surface area contributed by atoms with Gasteiger partial charge in [0, 0.05) is 6.61 Å². The highest BCUT2D eigenvalue weighted by atomic mass is 16.5. The highest BCUT2D eigenvalue weighted by Gasteiger charge is 2.06. The fraction of sp³-hybridized carbons (Fsp3) is 1.00. The fourth-order valence-corrected chi connectivity index (χ4v) is 1.45. The Morgan fingerprint density at radius 2 is 1.64 bits per heavy atom. The molecule has 0 saturated carbocycles. The summed E-state index contributed by atoms with van der Waals surface area (Å²) in [5.74, 6) is 0. The Balaban J connectivity index is 3.28. The maximum Gasteiger partial charge on any atom is 0.0805 e. The lowest BCUT2D eigenvalue weighted by molar-refractivity contribution is 0.00517. The number of hydrogen-bond donors (Lipinski definition) is 1. The monoisotopic (exact) mass is 202 g/mol. The van der Waals surface area contributed by atoms with E-state index in [1.807, 2.05) is 0 Å². The van der Waals surface area contributed by atoms with Gasteiger partial charge in [-0.2, -0.15) is 0 Å². The average Bonchev–Trinajstić information content (AvgIpc) is 2.22. The van der Waals surface area contributed by atoms with E-state index >= 15 is 0 Å². The summed E-state index contributed by atoms with van der Waals surface area (Å²) in [6, 6.07) is 0. The van der Waals surface area contributed by atoms with Gasteiger partial charge < -0.3 is 9.84 Å². The maximum absolute atomic E-state index is 9.06. The fourth-order valence-electron chi connectivity index (χ4n) is 1.45. The Kier molecular flexibility index (Phi) is 10.9. The van der Waals surface area contributed by atoms with Gasteiger partial charge in [0.1, 0.15) is 0 Å². The summed E-state index contributed by atoms with van der Waals surface area (Å²) < 4.78 is 5.59. The highest BCUT2D eigenvalue weighted by molar-refractivity contribution is 4.56. The number of aliphatic hydroxyl groups is 1. The molecule has 0 aromatic rings. The molecule has 0 aromatic carbocycles. The van der Waals surface area contributed by atoms with Crippen LogP contribution in [0.2, 0.25) is 0 Å². The van der Waals surface area contributed by atoms with Gasteiger partial charge in [-0.1, -0.05) is 46.0 Å². The minimum atomic E-state index is 0.0819. The predicted molar refractivity (Wildman–Crippen MR) is 60.5 cm³/mol. The molecule has 0 heterocycles. The summed E-state index contributed by atoms with van der Waals surface area (Å²) in [6.07, 6.45) is 8.32. The van der Waals surface area contributed by atoms with Crippen molar-refractivity contribution in [2.24, 2.45) is 0 Å². The molecule has 0 aliphatic carbocycles. The van der Waals surface area contributed by atoms with E-state index in [2.05, 4.69) is 13.8 Å². The Labute approximate surface area is 88.7 Å². The van der Waals surface area contributed by atoms with E-state index in [0.717, 1.165) is 19.4 Å². The summed E-state index contributed by atoms with van der Waals surface area (Å²) in [6.45, 7) is 5.36. The van der Waals surface area contributed by atoms with Crippen LogP contribution in [0, 0.1) is 0 Å². The number of hydrogen-bond acceptors (Lipinski definition) is 2. The Bertz CT molecular complexity index is 104. The molecule has 0 aliphatic rings. The van der Waals surface area contributed by atoms with Crippen LogP contribution in [-0.2, 0) is 4.74 Å². The molecule has 1 unspecified atom stereocenters. The Morgan fingerprint density at radius 1 is 1.00 bits per heavy atom. The lowest BCUT2D eigenvalue weighted by Crippen LogP contribution is -2.18. The van der Waals surface area contributed by atoms with E-state index in [1.54, 1.807) is 0 Å². The standard InChI is InChI=1S/C12H26O2/c1-3-5-7-9-12(11-13)14-10-8-6-4-2/h12-13H,3-11H2,1-2H3. The molecular weight excluding hydrogens is 176 g/mol. The summed E-state index contributed by atoms with van der Waals surface area (Å²) in [7, 11) is 0. The van der Waals surface area contributed by atoms with Gasteiger partial charge in [-0.25, -0.2) is 0 Å². The van der Waals surface area contributed by atoms with Crippen LogP contribution in [0.15, 0.2) is 0 Å². The zero-order valence-corrected chi connectivity index (χ0v) is 9.80. The van der Waals surface area contributed by atoms with E-state index in [1.165, 1.54) is 32.1 Å². The number of rotatable bonds is 10. The normalized spacial score (nSPS) is 13.1. The van der Waals surface area contributed by atoms with Crippen LogP contribution >= 0.6 is 0 Å². The summed E-state index contributed by atoms with van der Waals surface area (Å²) in [4.78, 5) is 0. The second kappa shape index (κ2) is 11.0. The summed E-state index contributed by atoms with van der Waals surface area (Å²) in [5.41, 5.74) is 0. The van der Waals surface area contributed by atoms with Crippen molar-refractivity contribution in [3.05, 3.63) is 0 Å². The molecule has 2 heteroatoms. The van der Waals surface area contributed by atoms with Gasteiger partial charge in [0.05, 0.1) is 12.7 Å². The lowest BCUT2D eigenvalue weighted by Gasteiger charge is -2.14. The van der Waals surface area contributed by atoms with Crippen LogP contribution in [0.1, 0.15) is 58.8 Å². The molecule has 2 nitrogen and oxygen atoms in total. The molecule has 86 valence electrons. The van der Waals surface area contributed by atoms with Crippen molar-refractivity contribution < 1.29 is 9.84 Å². The zero-order chi connectivity index (χ0) is 10.6. The first-order chi connectivity index (χ1) is 6.85. The third kappa shape index (κ3) is 8.52. The molecule has 1 N–H and O–H groups in total. The van der Waals surface area contributed by atoms with E-state index in [4.69, 9.17) is 9.84 Å². The SMILES string of the molecule is CCCCCOC(CO)CCCCC. The molecule has 0 rings (SSSR count). The number of ether oxygens (including phenoxy) is 1. The van der Waals surface area contributed by atoms with E-state index < -0.39 is 0 Å². The third-order valence-electron chi connectivity index (χ3n) is 2.43. The topological polar surface area (TPSA) is 29.5 Å². The van der Waals surface area contributed by atoms with Crippen LogP contribution in [-0.4, -0.2) is 24.4 Å². The van der Waals surface area contributed by atoms with E-state index in [0.29, 0.717) is 0 Å². The highest BCUT2D eigenvalue weighted by Crippen LogP contribution is 2.07. The third-order valence-corrected chi connectivity index (χ3v) is 2.43. The largest absolute Gasteiger partial charge is 0.394 e. The smallest absolute Gasteiger partial charge is 0.0805 e. The van der Waals surface area contributed by atoms with Crippen molar-refractivity contribution in [1.29, 1.82) is 0 Å². The van der Waals surface area contributed by atoms with Crippen LogP contribution in [0.4, 0.5) is 0 Å². The average molecular weight is 202 g/mol. The first-order valence-corrected chi connectivity index (χ1v) is 6.07. The first kappa shape index (κ1) is 13.9. The molecule has 14 heavy (non-hydrogen) atoms. The molecule has 0 bridgehead atoms. The first-order valence-electron chi connectivity index (χ1n) is 6.07. The van der Waals surface area contributed by atoms with Crippen LogP contribution in [0.5, 0.6) is 0 Å². The molecule has 0 fully saturated rings. The van der Waals surface area contributed by atoms with Gasteiger partial charge in [0.15, 0.2) is 0 Å². The van der Waals surface area contributed by atoms with Crippen molar-refractivity contribution in [2.75, 3.05) is 13.2 Å². The molecule has 0 amide bonds. The predicted octanol–water partition coefficient (Wildman–Crippen LogP) is 3.13. The van der Waals surface area contributed by atoms with Crippen LogP contribution < -0.4 is 0 Å². The van der Waals surface area contributed by atoms with Crippen molar-refractivity contribution >= 4 is 0 Å². The summed E-state index contributed by atoms with van der Waals surface area (Å²) in [5, 5.41) is 9.06. The second-order valence-electron chi connectivity index (χ2n) is 3.88. The van der Waals surface area contributed by atoms with Gasteiger partial charge in [-0.15, -0.1) is 0 Å². The zero-order valence-electron chi connectivity index (χ0n) is 9.80. The van der Waals surface area contributed by atoms with Crippen LogP contribution in [0.25, 0.3) is 0 Å². The van der Waals surface area contributed by atoms with Crippen LogP contribution in [0.3, 0.4) is 0 Å². The minimum absolute atomic E-state index is 0.0819. The number of aliphatic hydroxyl groups excluding tert-OH is 1. The molecule has 0 radical (unpaired) electrons. The van der Waals surface area contributed by atoms with Crippen molar-refractivity contribution in [1.82, 2.24) is 0 Å². The van der Waals surface area contributed by atoms with Gasteiger partial charge >= 0.3 is 0 Å². The van der Waals surface area contributed by atoms with Gasteiger partial charge in [-0.3, -0.25) is 0 Å². The molecule has 0 saturated heterocycles. The van der Waals surface area contributed by atoms with Gasteiger partial charge in [-0.05, 0) is 12.8 Å². The maximum atomic E-state index is 9.06. The van der Waals surface area contributed by atoms with Crippen molar-refractivity contribution in [3.8, 4) is 0 Å². The lowest BCUT2D eigenvalue weighted by atomic mass is 10.1. The molecule has 0 spiro atoms. The molecule has 0 aliphatic heterocycles. The quantitative estimate of drug-likeness (QED) is 0.551. The van der Waals surface area contributed by atoms with Gasteiger partial charge in [0.25, 0.3) is 0 Å². The van der Waals surface area contributed by atoms with E-state index in [9.17, 15) is 0 Å². The van der Waals surface area contributed by atoms with Crippen molar-refractivity contribution in [2.45, 2.75) is 64.9 Å². The number of unbranched alkanes of at least 4 members (excludes halogenated alkanes) is 4. The second-order valence-corrected chi connectivity index (χ2v) is 3.88. The Hall–Kier alpha value is -0.0800. The van der Waals surface area contributed by atoms with Crippen molar-refractivity contribution in [3.63, 3.8) is 0 Å². The minimum Gasteiger partial charge on any atom is -0.394 e. The summed E-state index contributed by atoms with van der Waals surface area (Å²) >= 11 is 0. The molecular formula is C12H26O2. The molecule has 0 aromatic heterocycles. The van der Waals surface area contributed by atoms with Gasteiger partial charge in [0.2, 0.25) is 0 Å².